The Morgan fingerprint density at radius 1 is 1.18 bits per heavy atom. The van der Waals surface area contributed by atoms with Crippen molar-refractivity contribution in [3.8, 4) is 0 Å². The maximum absolute atomic E-state index is 12.8. The first-order valence-electron chi connectivity index (χ1n) is 9.70. The second kappa shape index (κ2) is 7.46. The van der Waals surface area contributed by atoms with Crippen molar-refractivity contribution in [2.24, 2.45) is 5.92 Å². The Labute approximate surface area is 163 Å². The highest BCUT2D eigenvalue weighted by molar-refractivity contribution is 5.99. The summed E-state index contributed by atoms with van der Waals surface area (Å²) in [6.07, 6.45) is 1.11. The number of amides is 2. The predicted octanol–water partition coefficient (Wildman–Crippen LogP) is 3.64. The molecule has 144 valence electrons. The number of imidazole rings is 1. The van der Waals surface area contributed by atoms with E-state index in [1.165, 1.54) is 0 Å². The number of benzene rings is 2. The third kappa shape index (κ3) is 3.38. The average molecular weight is 376 g/mol. The minimum absolute atomic E-state index is 0.104. The van der Waals surface area contributed by atoms with Crippen molar-refractivity contribution in [3.63, 3.8) is 0 Å². The molecule has 0 fully saturated rings. The Kier molecular flexibility index (Phi) is 4.86. The molecular weight excluding hydrogens is 352 g/mol. The van der Waals surface area contributed by atoms with E-state index in [0.29, 0.717) is 5.56 Å². The van der Waals surface area contributed by atoms with Gasteiger partial charge in [-0.1, -0.05) is 50.6 Å². The molecule has 6 heteroatoms. The molecule has 4 rings (SSSR count). The van der Waals surface area contributed by atoms with E-state index in [9.17, 15) is 9.59 Å². The second-order valence-electron chi connectivity index (χ2n) is 7.39. The summed E-state index contributed by atoms with van der Waals surface area (Å²) in [5.41, 5.74) is 3.37. The van der Waals surface area contributed by atoms with Crippen molar-refractivity contribution in [1.82, 2.24) is 20.6 Å². The van der Waals surface area contributed by atoms with Gasteiger partial charge in [0.25, 0.3) is 5.91 Å². The zero-order valence-electron chi connectivity index (χ0n) is 16.0. The molecule has 1 aliphatic heterocycles. The SMILES string of the molecule is CC[C@H](C)[C@@H](NC(=O)C[C@H]1NC(=O)c2ccccc21)c1nc2ccccc2[nH]1. The molecule has 0 saturated heterocycles. The lowest BCUT2D eigenvalue weighted by atomic mass is 9.97. The summed E-state index contributed by atoms with van der Waals surface area (Å²) in [6, 6.07) is 14.7. The number of fused-ring (bicyclic) bond motifs is 2. The lowest BCUT2D eigenvalue weighted by Gasteiger charge is -2.23. The first kappa shape index (κ1) is 18.2. The van der Waals surface area contributed by atoms with Crippen LogP contribution < -0.4 is 10.6 Å². The monoisotopic (exact) mass is 376 g/mol. The first-order valence-corrected chi connectivity index (χ1v) is 9.70. The second-order valence-corrected chi connectivity index (χ2v) is 7.39. The molecule has 2 amide bonds. The fourth-order valence-electron chi connectivity index (χ4n) is 3.74. The molecule has 3 atom stereocenters. The van der Waals surface area contributed by atoms with Gasteiger partial charge in [-0.15, -0.1) is 0 Å². The van der Waals surface area contributed by atoms with Crippen LogP contribution in [-0.4, -0.2) is 21.8 Å². The Hall–Kier alpha value is -3.15. The summed E-state index contributed by atoms with van der Waals surface area (Å²) in [7, 11) is 0. The zero-order valence-corrected chi connectivity index (χ0v) is 16.0. The van der Waals surface area contributed by atoms with Gasteiger partial charge < -0.3 is 15.6 Å². The molecule has 1 aliphatic rings. The highest BCUT2D eigenvalue weighted by Gasteiger charge is 2.31. The zero-order chi connectivity index (χ0) is 19.7. The Morgan fingerprint density at radius 3 is 2.71 bits per heavy atom. The van der Waals surface area contributed by atoms with Gasteiger partial charge in [0.2, 0.25) is 5.91 Å². The Bertz CT molecular complexity index is 993. The molecule has 3 aromatic rings. The van der Waals surface area contributed by atoms with E-state index in [4.69, 9.17) is 0 Å². The van der Waals surface area contributed by atoms with Crippen molar-refractivity contribution in [3.05, 3.63) is 65.5 Å². The average Bonchev–Trinajstić information content (AvgIpc) is 3.27. The van der Waals surface area contributed by atoms with Crippen LogP contribution in [0.3, 0.4) is 0 Å². The number of aromatic amines is 1. The first-order chi connectivity index (χ1) is 13.6. The van der Waals surface area contributed by atoms with Crippen LogP contribution in [0.15, 0.2) is 48.5 Å². The molecule has 1 aromatic heterocycles. The van der Waals surface area contributed by atoms with Gasteiger partial charge in [0.05, 0.1) is 29.5 Å². The van der Waals surface area contributed by atoms with Crippen LogP contribution in [0.25, 0.3) is 11.0 Å². The van der Waals surface area contributed by atoms with Crippen LogP contribution in [-0.2, 0) is 4.79 Å². The number of carbonyl (C=O) groups excluding carboxylic acids is 2. The standard InChI is InChI=1S/C22H24N4O2/c1-3-13(2)20(21-23-16-10-6-7-11-17(16)24-21)26-19(27)12-18-14-8-4-5-9-15(14)22(28)25-18/h4-11,13,18,20H,3,12H2,1-2H3,(H,23,24)(H,25,28)(H,26,27)/t13-,18+,20+/m0/s1. The van der Waals surface area contributed by atoms with E-state index in [2.05, 4.69) is 34.4 Å². The van der Waals surface area contributed by atoms with Crippen LogP contribution >= 0.6 is 0 Å². The van der Waals surface area contributed by atoms with Gasteiger partial charge in [0.15, 0.2) is 0 Å². The summed E-state index contributed by atoms with van der Waals surface area (Å²) in [5, 5.41) is 6.04. The largest absolute Gasteiger partial charge is 0.346 e. The van der Waals surface area contributed by atoms with Crippen molar-refractivity contribution >= 4 is 22.8 Å². The van der Waals surface area contributed by atoms with Crippen LogP contribution in [0.1, 0.15) is 60.5 Å². The summed E-state index contributed by atoms with van der Waals surface area (Å²) < 4.78 is 0. The number of H-pyrrole nitrogens is 1. The van der Waals surface area contributed by atoms with Crippen LogP contribution in [0, 0.1) is 5.92 Å². The molecule has 0 saturated carbocycles. The number of carbonyl (C=O) groups is 2. The van der Waals surface area contributed by atoms with E-state index in [0.717, 1.165) is 28.8 Å². The number of rotatable bonds is 6. The fourth-order valence-corrected chi connectivity index (χ4v) is 3.74. The van der Waals surface area contributed by atoms with Gasteiger partial charge in [-0.3, -0.25) is 9.59 Å². The number of aromatic nitrogens is 2. The number of hydrogen-bond donors (Lipinski definition) is 3. The molecule has 0 bridgehead atoms. The van der Waals surface area contributed by atoms with Gasteiger partial charge in [-0.25, -0.2) is 4.98 Å². The van der Waals surface area contributed by atoms with E-state index in [1.54, 1.807) is 6.07 Å². The van der Waals surface area contributed by atoms with Crippen LogP contribution in [0.5, 0.6) is 0 Å². The topological polar surface area (TPSA) is 86.9 Å². The highest BCUT2D eigenvalue weighted by atomic mass is 16.2. The van der Waals surface area contributed by atoms with Crippen LogP contribution in [0.2, 0.25) is 0 Å². The van der Waals surface area contributed by atoms with Gasteiger partial charge >= 0.3 is 0 Å². The van der Waals surface area contributed by atoms with Crippen molar-refractivity contribution in [2.45, 2.75) is 38.8 Å². The molecular formula is C22H24N4O2. The third-order valence-electron chi connectivity index (χ3n) is 5.51. The molecule has 2 heterocycles. The number of nitrogens with one attached hydrogen (secondary N) is 3. The van der Waals surface area contributed by atoms with Crippen molar-refractivity contribution < 1.29 is 9.59 Å². The minimum Gasteiger partial charge on any atom is -0.346 e. The maximum Gasteiger partial charge on any atom is 0.252 e. The smallest absolute Gasteiger partial charge is 0.252 e. The molecule has 3 N–H and O–H groups in total. The minimum atomic E-state index is -0.294. The highest BCUT2D eigenvalue weighted by Crippen LogP contribution is 2.29. The molecule has 6 nitrogen and oxygen atoms in total. The third-order valence-corrected chi connectivity index (χ3v) is 5.51. The molecule has 0 radical (unpaired) electrons. The summed E-state index contributed by atoms with van der Waals surface area (Å²) in [5.74, 6) is 0.756. The van der Waals surface area contributed by atoms with Gasteiger partial charge in [0, 0.05) is 5.56 Å². The van der Waals surface area contributed by atoms with E-state index < -0.39 is 0 Å². The predicted molar refractivity (Wildman–Crippen MR) is 108 cm³/mol. The quantitative estimate of drug-likeness (QED) is 0.614. The van der Waals surface area contributed by atoms with Gasteiger partial charge in [0.1, 0.15) is 5.82 Å². The van der Waals surface area contributed by atoms with Gasteiger partial charge in [-0.05, 0) is 29.7 Å². The summed E-state index contributed by atoms with van der Waals surface area (Å²) in [6.45, 7) is 4.20. The van der Waals surface area contributed by atoms with Crippen molar-refractivity contribution in [2.75, 3.05) is 0 Å². The van der Waals surface area contributed by atoms with Crippen LogP contribution in [0.4, 0.5) is 0 Å². The number of hydrogen-bond acceptors (Lipinski definition) is 3. The number of nitrogens with zero attached hydrogens (tertiary/aromatic N) is 1. The molecule has 0 unspecified atom stereocenters. The lowest BCUT2D eigenvalue weighted by Crippen LogP contribution is -2.35. The molecule has 0 aliphatic carbocycles. The summed E-state index contributed by atoms with van der Waals surface area (Å²) in [4.78, 5) is 32.9. The number of para-hydroxylation sites is 2. The van der Waals surface area contributed by atoms with E-state index in [1.807, 2.05) is 42.5 Å². The normalized spacial score (nSPS) is 17.8. The maximum atomic E-state index is 12.8. The van der Waals surface area contributed by atoms with Gasteiger partial charge in [-0.2, -0.15) is 0 Å². The van der Waals surface area contributed by atoms with E-state index >= 15 is 0 Å². The van der Waals surface area contributed by atoms with Crippen molar-refractivity contribution in [1.29, 1.82) is 0 Å². The fraction of sp³-hybridized carbons (Fsp3) is 0.318. The lowest BCUT2D eigenvalue weighted by molar-refractivity contribution is -0.122. The Morgan fingerprint density at radius 2 is 1.93 bits per heavy atom. The molecule has 2 aromatic carbocycles. The Balaban J connectivity index is 1.53. The molecule has 28 heavy (non-hydrogen) atoms. The summed E-state index contributed by atoms with van der Waals surface area (Å²) >= 11 is 0. The van der Waals surface area contributed by atoms with E-state index in [-0.39, 0.29) is 36.2 Å². The molecule has 0 spiro atoms.